The smallest absolute Gasteiger partial charge is 0.475 e. The van der Waals surface area contributed by atoms with E-state index in [0.29, 0.717) is 34.6 Å². The maximum atomic E-state index is 13.0. The second-order valence-electron chi connectivity index (χ2n) is 6.84. The number of aliphatic carboxylic acids is 1. The van der Waals surface area contributed by atoms with Crippen LogP contribution in [0.25, 0.3) is 11.0 Å². The third-order valence-electron chi connectivity index (χ3n) is 4.57. The molecule has 0 spiro atoms. The summed E-state index contributed by atoms with van der Waals surface area (Å²) in [5.41, 5.74) is 0.712. The Morgan fingerprint density at radius 2 is 1.77 bits per heavy atom. The number of carbonyl (C=O) groups is 1. The van der Waals surface area contributed by atoms with Gasteiger partial charge in [0.05, 0.1) is 15.9 Å². The van der Waals surface area contributed by atoms with Crippen LogP contribution in [0.15, 0.2) is 26.3 Å². The zero-order valence-electron chi connectivity index (χ0n) is 16.4. The number of carboxylic acid groups (broad SMARTS) is 1. The molecule has 0 atom stereocenters. The highest BCUT2D eigenvalue weighted by atomic mass is 79.9. The number of sulfonamides is 1. The van der Waals surface area contributed by atoms with E-state index < -0.39 is 22.2 Å². The van der Waals surface area contributed by atoms with Crippen LogP contribution >= 0.6 is 15.9 Å². The van der Waals surface area contributed by atoms with Crippen molar-refractivity contribution < 1.29 is 31.5 Å². The first-order valence-electron chi connectivity index (χ1n) is 9.31. The van der Waals surface area contributed by atoms with E-state index in [2.05, 4.69) is 38.1 Å². The Labute approximate surface area is 184 Å². The van der Waals surface area contributed by atoms with Crippen molar-refractivity contribution in [1.29, 1.82) is 0 Å². The molecule has 1 fully saturated rings. The van der Waals surface area contributed by atoms with E-state index in [1.807, 2.05) is 0 Å². The summed E-state index contributed by atoms with van der Waals surface area (Å²) >= 11 is 3.32. The average Bonchev–Trinajstić information content (AvgIpc) is 3.04. The van der Waals surface area contributed by atoms with E-state index in [1.54, 1.807) is 6.07 Å². The first kappa shape index (κ1) is 25.4. The molecule has 4 N–H and O–H groups in total. The number of aromatic nitrogens is 2. The summed E-state index contributed by atoms with van der Waals surface area (Å²) in [7, 11) is -3.60. The van der Waals surface area contributed by atoms with Crippen molar-refractivity contribution in [2.45, 2.75) is 43.3 Å². The second-order valence-corrected chi connectivity index (χ2v) is 9.60. The number of H-pyrrole nitrogens is 2. The van der Waals surface area contributed by atoms with Crippen molar-refractivity contribution in [2.24, 2.45) is 0 Å². The molecule has 1 aromatic carbocycles. The van der Waals surface area contributed by atoms with Crippen LogP contribution in [0.1, 0.15) is 26.2 Å². The summed E-state index contributed by atoms with van der Waals surface area (Å²) < 4.78 is 59.6. The van der Waals surface area contributed by atoms with Gasteiger partial charge >= 0.3 is 17.8 Å². The van der Waals surface area contributed by atoms with E-state index in [0.717, 1.165) is 25.8 Å². The Bertz CT molecular complexity index is 1080. The van der Waals surface area contributed by atoms with Crippen LogP contribution < -0.4 is 11.0 Å². The lowest BCUT2D eigenvalue weighted by Crippen LogP contribution is -2.45. The number of imidazole rings is 1. The molecule has 1 aromatic heterocycles. The monoisotopic (exact) mass is 530 g/mol. The van der Waals surface area contributed by atoms with Gasteiger partial charge in [0, 0.05) is 23.6 Å². The molecule has 1 aliphatic heterocycles. The third kappa shape index (κ3) is 6.54. The Morgan fingerprint density at radius 3 is 2.26 bits per heavy atom. The number of nitrogens with one attached hydrogen (secondary N) is 3. The number of hydrogen-bond donors (Lipinski definition) is 4. The maximum Gasteiger partial charge on any atom is 0.490 e. The quantitative estimate of drug-likeness (QED) is 0.468. The van der Waals surface area contributed by atoms with Crippen LogP contribution in [0.4, 0.5) is 13.2 Å². The van der Waals surface area contributed by atoms with Gasteiger partial charge in [0.2, 0.25) is 10.0 Å². The Kier molecular flexibility index (Phi) is 8.30. The van der Waals surface area contributed by atoms with Crippen LogP contribution in [0.3, 0.4) is 0 Å². The fraction of sp³-hybridized carbons (Fsp3) is 0.529. The van der Waals surface area contributed by atoms with Crippen LogP contribution in [0.2, 0.25) is 0 Å². The highest BCUT2D eigenvalue weighted by molar-refractivity contribution is 9.10. The third-order valence-corrected chi connectivity index (χ3v) is 7.42. The van der Waals surface area contributed by atoms with Crippen molar-refractivity contribution in [2.75, 3.05) is 19.6 Å². The lowest BCUT2D eigenvalue weighted by Gasteiger charge is -2.32. The predicted octanol–water partition coefficient (Wildman–Crippen LogP) is 2.40. The van der Waals surface area contributed by atoms with E-state index in [-0.39, 0.29) is 10.6 Å². The molecule has 0 saturated carbocycles. The Balaban J connectivity index is 0.000000423. The van der Waals surface area contributed by atoms with Gasteiger partial charge in [-0.15, -0.1) is 0 Å². The molecule has 9 nitrogen and oxygen atoms in total. The molecular formula is C17H22BrF3N4O5S. The average molecular weight is 531 g/mol. The van der Waals surface area contributed by atoms with Gasteiger partial charge in [-0.1, -0.05) is 6.92 Å². The zero-order chi connectivity index (χ0) is 23.4. The molecule has 2 aromatic rings. The van der Waals surface area contributed by atoms with Crippen molar-refractivity contribution in [1.82, 2.24) is 19.6 Å². The highest BCUT2D eigenvalue weighted by Gasteiger charge is 2.38. The number of hydrogen-bond acceptors (Lipinski definition) is 5. The number of fused-ring (bicyclic) bond motifs is 1. The van der Waals surface area contributed by atoms with Gasteiger partial charge in [0.25, 0.3) is 0 Å². The van der Waals surface area contributed by atoms with Crippen LogP contribution in [0, 0.1) is 0 Å². The molecule has 3 rings (SSSR count). The van der Waals surface area contributed by atoms with Crippen molar-refractivity contribution >= 4 is 43.0 Å². The van der Waals surface area contributed by atoms with Gasteiger partial charge in [0.15, 0.2) is 0 Å². The topological polar surface area (TPSA) is 135 Å². The van der Waals surface area contributed by atoms with Crippen molar-refractivity contribution in [3.05, 3.63) is 27.1 Å². The van der Waals surface area contributed by atoms with Gasteiger partial charge in [-0.05, 0) is 53.9 Å². The summed E-state index contributed by atoms with van der Waals surface area (Å²) in [6.07, 6.45) is -2.40. The molecule has 14 heteroatoms. The number of halogens is 4. The van der Waals surface area contributed by atoms with E-state index in [9.17, 15) is 26.4 Å². The number of carboxylic acids is 1. The van der Waals surface area contributed by atoms with E-state index in [1.165, 1.54) is 10.4 Å². The molecule has 0 amide bonds. The normalized spacial score (nSPS) is 16.2. The second kappa shape index (κ2) is 10.1. The predicted molar refractivity (Wildman–Crippen MR) is 110 cm³/mol. The zero-order valence-corrected chi connectivity index (χ0v) is 18.8. The minimum Gasteiger partial charge on any atom is -0.475 e. The molecule has 1 aliphatic rings. The molecule has 31 heavy (non-hydrogen) atoms. The van der Waals surface area contributed by atoms with E-state index >= 15 is 0 Å². The van der Waals surface area contributed by atoms with Gasteiger partial charge in [0.1, 0.15) is 0 Å². The van der Waals surface area contributed by atoms with Gasteiger partial charge in [-0.3, -0.25) is 0 Å². The summed E-state index contributed by atoms with van der Waals surface area (Å²) in [4.78, 5) is 25.7. The van der Waals surface area contributed by atoms with Crippen LogP contribution in [0.5, 0.6) is 0 Å². The fourth-order valence-corrected chi connectivity index (χ4v) is 5.52. The summed E-state index contributed by atoms with van der Waals surface area (Å²) in [6, 6.07) is 3.51. The fourth-order valence-electron chi connectivity index (χ4n) is 3.02. The first-order chi connectivity index (χ1) is 14.4. The summed E-state index contributed by atoms with van der Waals surface area (Å²) in [6.45, 7) is 4.07. The molecular weight excluding hydrogens is 509 g/mol. The standard InChI is InChI=1S/C15H21BrN4O3S.C2HF3O2/c1-2-5-17-10-3-6-20(7-4-10)24(22,23)14-9-13-12(8-11(14)16)18-15(21)19-13;3-2(4,5)1(6)7/h8-10,17H,2-7H2,1H3,(H2,18,19,21);(H,6,7). The summed E-state index contributed by atoms with van der Waals surface area (Å²) in [5.74, 6) is -2.76. The maximum absolute atomic E-state index is 13.0. The van der Waals surface area contributed by atoms with Gasteiger partial charge in [-0.25, -0.2) is 18.0 Å². The number of aromatic amines is 2. The number of rotatable bonds is 5. The molecule has 2 heterocycles. The number of benzene rings is 1. The number of piperidine rings is 1. The number of alkyl halides is 3. The minimum atomic E-state index is -5.08. The molecule has 0 bridgehead atoms. The van der Waals surface area contributed by atoms with Gasteiger partial charge < -0.3 is 20.4 Å². The molecule has 0 unspecified atom stereocenters. The largest absolute Gasteiger partial charge is 0.490 e. The van der Waals surface area contributed by atoms with Gasteiger partial charge in [-0.2, -0.15) is 17.5 Å². The SMILES string of the molecule is CCCNC1CCN(S(=O)(=O)c2cc3[nH]c(=O)[nH]c3cc2Br)CC1.O=C(O)C(F)(F)F. The molecule has 174 valence electrons. The van der Waals surface area contributed by atoms with Crippen LogP contribution in [-0.2, 0) is 14.8 Å². The minimum absolute atomic E-state index is 0.185. The molecule has 0 aliphatic carbocycles. The number of nitrogens with zero attached hydrogens (tertiary/aromatic N) is 1. The van der Waals surface area contributed by atoms with Crippen molar-refractivity contribution in [3.8, 4) is 0 Å². The Morgan fingerprint density at radius 1 is 1.26 bits per heavy atom. The van der Waals surface area contributed by atoms with E-state index in [4.69, 9.17) is 9.90 Å². The molecule has 1 saturated heterocycles. The van der Waals surface area contributed by atoms with Crippen molar-refractivity contribution in [3.63, 3.8) is 0 Å². The first-order valence-corrected chi connectivity index (χ1v) is 11.5. The molecule has 0 radical (unpaired) electrons. The highest BCUT2D eigenvalue weighted by Crippen LogP contribution is 2.29. The van der Waals surface area contributed by atoms with Crippen LogP contribution in [-0.4, -0.2) is 65.6 Å². The lowest BCUT2D eigenvalue weighted by atomic mass is 10.1. The Hall–Kier alpha value is -1.90. The lowest BCUT2D eigenvalue weighted by molar-refractivity contribution is -0.192. The summed E-state index contributed by atoms with van der Waals surface area (Å²) in [5, 5.41) is 10.6.